The maximum Gasteiger partial charge on any atom is 0.344 e. The van der Waals surface area contributed by atoms with Crippen molar-refractivity contribution in [1.82, 2.24) is 14.8 Å². The smallest absolute Gasteiger partial charge is 0.344 e. The first-order valence-corrected chi connectivity index (χ1v) is 11.0. The van der Waals surface area contributed by atoms with Crippen LogP contribution in [0.2, 0.25) is 0 Å². The number of nitrogens with zero attached hydrogens (tertiary/aromatic N) is 3. The maximum absolute atomic E-state index is 13.1. The van der Waals surface area contributed by atoms with E-state index in [-0.39, 0.29) is 41.5 Å². The van der Waals surface area contributed by atoms with E-state index in [1.807, 2.05) is 36.4 Å². The number of rotatable bonds is 7. The molecule has 1 N–H and O–H groups in total. The molecule has 10 nitrogen and oxygen atoms in total. The predicted octanol–water partition coefficient (Wildman–Crippen LogP) is 4.24. The van der Waals surface area contributed by atoms with Crippen LogP contribution in [-0.2, 0) is 9.47 Å². The number of pyridine rings is 1. The first kappa shape index (κ1) is 23.7. The minimum absolute atomic E-state index is 0.0728. The van der Waals surface area contributed by atoms with Crippen LogP contribution < -0.4 is 5.32 Å². The standard InChI is InChI=1S/C25H24N4O6/c1-5-33-24(31)20-15(4)35-23(21(20)25(32)34-6-2)28-22(30)17-13-26-29(14(17)3)19-12-11-16-9-7-8-10-18(16)27-19/h7-13H,5-6H2,1-4H3,(H,28,30). The molecule has 0 aliphatic carbocycles. The molecule has 0 saturated heterocycles. The second kappa shape index (κ2) is 9.80. The molecule has 3 aromatic heterocycles. The van der Waals surface area contributed by atoms with Crippen LogP contribution in [0, 0.1) is 13.8 Å². The first-order valence-electron chi connectivity index (χ1n) is 11.0. The van der Waals surface area contributed by atoms with Crippen molar-refractivity contribution in [3.05, 3.63) is 70.7 Å². The normalized spacial score (nSPS) is 10.9. The van der Waals surface area contributed by atoms with Gasteiger partial charge in [-0.15, -0.1) is 0 Å². The summed E-state index contributed by atoms with van der Waals surface area (Å²) < 4.78 is 17.2. The summed E-state index contributed by atoms with van der Waals surface area (Å²) in [5.41, 5.74) is 1.27. The molecule has 0 radical (unpaired) electrons. The Bertz CT molecular complexity index is 1440. The van der Waals surface area contributed by atoms with E-state index < -0.39 is 17.8 Å². The van der Waals surface area contributed by atoms with Crippen LogP contribution in [-0.4, -0.2) is 45.8 Å². The topological polar surface area (TPSA) is 126 Å². The van der Waals surface area contributed by atoms with Gasteiger partial charge >= 0.3 is 11.9 Å². The largest absolute Gasteiger partial charge is 0.462 e. The van der Waals surface area contributed by atoms with Crippen molar-refractivity contribution in [1.29, 1.82) is 0 Å². The number of furan rings is 1. The molecular formula is C25H24N4O6. The fourth-order valence-electron chi connectivity index (χ4n) is 3.69. The second-order valence-electron chi connectivity index (χ2n) is 7.55. The van der Waals surface area contributed by atoms with E-state index in [0.717, 1.165) is 10.9 Å². The fraction of sp³-hybridized carbons (Fsp3) is 0.240. The lowest BCUT2D eigenvalue weighted by Gasteiger charge is -2.08. The van der Waals surface area contributed by atoms with E-state index in [1.165, 1.54) is 13.1 Å². The number of hydrogen-bond donors (Lipinski definition) is 1. The zero-order valence-electron chi connectivity index (χ0n) is 19.7. The highest BCUT2D eigenvalue weighted by atomic mass is 16.5. The lowest BCUT2D eigenvalue weighted by Crippen LogP contribution is -2.18. The van der Waals surface area contributed by atoms with Crippen LogP contribution in [0.4, 0.5) is 5.88 Å². The van der Waals surface area contributed by atoms with E-state index in [1.54, 1.807) is 25.5 Å². The van der Waals surface area contributed by atoms with Crippen LogP contribution in [0.3, 0.4) is 0 Å². The van der Waals surface area contributed by atoms with Gasteiger partial charge in [0.25, 0.3) is 5.91 Å². The van der Waals surface area contributed by atoms with Crippen LogP contribution in [0.1, 0.15) is 56.4 Å². The van der Waals surface area contributed by atoms with Gasteiger partial charge in [0.15, 0.2) is 5.82 Å². The number of anilines is 1. The highest BCUT2D eigenvalue weighted by molar-refractivity contribution is 6.12. The summed E-state index contributed by atoms with van der Waals surface area (Å²) in [6, 6.07) is 11.4. The molecule has 4 aromatic rings. The zero-order valence-corrected chi connectivity index (χ0v) is 19.7. The van der Waals surface area contributed by atoms with Crippen molar-refractivity contribution in [2.75, 3.05) is 18.5 Å². The number of benzene rings is 1. The number of para-hydroxylation sites is 1. The zero-order chi connectivity index (χ0) is 25.1. The number of aryl methyl sites for hydroxylation is 1. The molecule has 0 unspecified atom stereocenters. The van der Waals surface area contributed by atoms with Gasteiger partial charge in [0.1, 0.15) is 16.9 Å². The third-order valence-corrected chi connectivity index (χ3v) is 5.33. The number of aromatic nitrogens is 3. The lowest BCUT2D eigenvalue weighted by molar-refractivity contribution is 0.0480. The van der Waals surface area contributed by atoms with Crippen LogP contribution in [0.25, 0.3) is 16.7 Å². The van der Waals surface area contributed by atoms with Crippen LogP contribution >= 0.6 is 0 Å². The number of esters is 2. The van der Waals surface area contributed by atoms with Crippen molar-refractivity contribution < 1.29 is 28.3 Å². The summed E-state index contributed by atoms with van der Waals surface area (Å²) in [4.78, 5) is 42.8. The Morgan fingerprint density at radius 1 is 0.971 bits per heavy atom. The molecule has 10 heteroatoms. The SMILES string of the molecule is CCOC(=O)c1c(C)oc(NC(=O)c2cnn(-c3ccc4ccccc4n3)c2C)c1C(=O)OCC. The Labute approximate surface area is 200 Å². The molecule has 1 aromatic carbocycles. The van der Waals surface area contributed by atoms with Gasteiger partial charge in [0, 0.05) is 5.39 Å². The number of carbonyl (C=O) groups is 3. The van der Waals surface area contributed by atoms with Crippen molar-refractivity contribution in [3.63, 3.8) is 0 Å². The summed E-state index contributed by atoms with van der Waals surface area (Å²) in [6.45, 7) is 6.68. The lowest BCUT2D eigenvalue weighted by atomic mass is 10.1. The number of carbonyl (C=O) groups excluding carboxylic acids is 3. The van der Waals surface area contributed by atoms with Crippen molar-refractivity contribution in [2.24, 2.45) is 0 Å². The molecule has 1 amide bonds. The molecule has 0 aliphatic heterocycles. The van der Waals surface area contributed by atoms with Gasteiger partial charge < -0.3 is 13.9 Å². The monoisotopic (exact) mass is 476 g/mol. The van der Waals surface area contributed by atoms with Gasteiger partial charge in [-0.2, -0.15) is 5.10 Å². The van der Waals surface area contributed by atoms with Crippen LogP contribution in [0.5, 0.6) is 0 Å². The average Bonchev–Trinajstić information content (AvgIpc) is 3.38. The van der Waals surface area contributed by atoms with E-state index in [9.17, 15) is 14.4 Å². The van der Waals surface area contributed by atoms with Gasteiger partial charge in [-0.1, -0.05) is 18.2 Å². The minimum atomic E-state index is -0.810. The Balaban J connectivity index is 1.67. The van der Waals surface area contributed by atoms with Crippen molar-refractivity contribution in [2.45, 2.75) is 27.7 Å². The second-order valence-corrected chi connectivity index (χ2v) is 7.55. The van der Waals surface area contributed by atoms with E-state index >= 15 is 0 Å². The van der Waals surface area contributed by atoms with Gasteiger partial charge in [0.05, 0.1) is 36.2 Å². The molecule has 0 aliphatic rings. The number of hydrogen-bond acceptors (Lipinski definition) is 8. The molecule has 0 saturated carbocycles. The molecule has 0 atom stereocenters. The molecule has 0 spiro atoms. The Morgan fingerprint density at radius 2 is 1.66 bits per heavy atom. The highest BCUT2D eigenvalue weighted by Gasteiger charge is 2.32. The molecule has 0 bridgehead atoms. The number of fused-ring (bicyclic) bond motifs is 1. The Morgan fingerprint density at radius 3 is 2.37 bits per heavy atom. The highest BCUT2D eigenvalue weighted by Crippen LogP contribution is 2.29. The first-order chi connectivity index (χ1) is 16.8. The Hall–Kier alpha value is -4.47. The quantitative estimate of drug-likeness (QED) is 0.393. The predicted molar refractivity (Wildman–Crippen MR) is 127 cm³/mol. The summed E-state index contributed by atoms with van der Waals surface area (Å²) in [7, 11) is 0. The molecule has 180 valence electrons. The fourth-order valence-corrected chi connectivity index (χ4v) is 3.69. The summed E-state index contributed by atoms with van der Waals surface area (Å²) >= 11 is 0. The van der Waals surface area contributed by atoms with Crippen molar-refractivity contribution >= 4 is 34.6 Å². The number of nitrogens with one attached hydrogen (secondary N) is 1. The molecule has 4 rings (SSSR count). The minimum Gasteiger partial charge on any atom is -0.462 e. The Kier molecular flexibility index (Phi) is 6.63. The molecule has 3 heterocycles. The van der Waals surface area contributed by atoms with E-state index in [4.69, 9.17) is 13.9 Å². The van der Waals surface area contributed by atoms with Gasteiger partial charge in [-0.3, -0.25) is 10.1 Å². The summed E-state index contributed by atoms with van der Waals surface area (Å²) in [6.07, 6.45) is 1.40. The number of amides is 1. The maximum atomic E-state index is 13.1. The average molecular weight is 476 g/mol. The van der Waals surface area contributed by atoms with E-state index in [2.05, 4.69) is 15.4 Å². The third-order valence-electron chi connectivity index (χ3n) is 5.33. The number of ether oxygens (including phenoxy) is 2. The van der Waals surface area contributed by atoms with Gasteiger partial charge in [-0.05, 0) is 45.9 Å². The third kappa shape index (κ3) is 4.50. The van der Waals surface area contributed by atoms with Gasteiger partial charge in [-0.25, -0.2) is 19.3 Å². The summed E-state index contributed by atoms with van der Waals surface area (Å²) in [5.74, 6) is -1.67. The molecular weight excluding hydrogens is 452 g/mol. The van der Waals surface area contributed by atoms with E-state index in [0.29, 0.717) is 11.5 Å². The molecule has 35 heavy (non-hydrogen) atoms. The summed E-state index contributed by atoms with van der Waals surface area (Å²) in [5, 5.41) is 7.87. The van der Waals surface area contributed by atoms with Crippen LogP contribution in [0.15, 0.2) is 47.0 Å². The van der Waals surface area contributed by atoms with Gasteiger partial charge in [0.2, 0.25) is 5.88 Å². The van der Waals surface area contributed by atoms with Crippen molar-refractivity contribution in [3.8, 4) is 5.82 Å². The molecule has 0 fully saturated rings.